The Hall–Kier alpha value is -2.20. The van der Waals surface area contributed by atoms with Gasteiger partial charge in [-0.25, -0.2) is 0 Å². The highest BCUT2D eigenvalue weighted by molar-refractivity contribution is 14.1. The first-order valence-electron chi connectivity index (χ1n) is 7.14. The number of nitro groups is 1. The van der Waals surface area contributed by atoms with Crippen molar-refractivity contribution in [3.05, 3.63) is 72.3 Å². The lowest BCUT2D eigenvalue weighted by atomic mass is 10.2. The second kappa shape index (κ2) is 8.77. The summed E-state index contributed by atoms with van der Waals surface area (Å²) in [5.41, 5.74) is 0.532. The quantitative estimate of drug-likeness (QED) is 0.291. The molecular formula is C16H13ClIN3O4. The molecule has 2 amide bonds. The lowest BCUT2D eigenvalue weighted by molar-refractivity contribution is -0.384. The Bertz CT molecular complexity index is 812. The molecular weight excluding hydrogens is 461 g/mol. The van der Waals surface area contributed by atoms with Crippen LogP contribution in [-0.2, 0) is 0 Å². The number of nitrogens with zero attached hydrogens (tertiary/aromatic N) is 1. The van der Waals surface area contributed by atoms with Gasteiger partial charge in [0.15, 0.2) is 0 Å². The Morgan fingerprint density at radius 2 is 1.64 bits per heavy atom. The number of amides is 2. The molecule has 0 spiro atoms. The second-order valence-electron chi connectivity index (χ2n) is 4.94. The van der Waals surface area contributed by atoms with Crippen molar-refractivity contribution in [2.75, 3.05) is 13.1 Å². The number of halogens is 2. The molecule has 0 unspecified atom stereocenters. The summed E-state index contributed by atoms with van der Waals surface area (Å²) in [6, 6.07) is 10.5. The van der Waals surface area contributed by atoms with Crippen molar-refractivity contribution in [2.45, 2.75) is 0 Å². The maximum absolute atomic E-state index is 12.1. The van der Waals surface area contributed by atoms with E-state index in [0.29, 0.717) is 14.2 Å². The minimum atomic E-state index is -0.556. The molecule has 0 aliphatic rings. The maximum atomic E-state index is 12.1. The van der Waals surface area contributed by atoms with E-state index in [4.69, 9.17) is 11.6 Å². The van der Waals surface area contributed by atoms with Crippen molar-refractivity contribution in [2.24, 2.45) is 0 Å². The van der Waals surface area contributed by atoms with E-state index < -0.39 is 10.8 Å². The molecule has 0 heterocycles. The second-order valence-corrected chi connectivity index (χ2v) is 6.54. The average Bonchev–Trinajstić information content (AvgIpc) is 2.59. The maximum Gasteiger partial charge on any atom is 0.270 e. The van der Waals surface area contributed by atoms with Crippen molar-refractivity contribution in [1.29, 1.82) is 0 Å². The van der Waals surface area contributed by atoms with Gasteiger partial charge in [0, 0.05) is 39.4 Å². The summed E-state index contributed by atoms with van der Waals surface area (Å²) in [4.78, 5) is 34.3. The molecule has 0 radical (unpaired) electrons. The van der Waals surface area contributed by atoms with Gasteiger partial charge in [-0.1, -0.05) is 11.6 Å². The number of nitro benzene ring substituents is 1. The van der Waals surface area contributed by atoms with Crippen molar-refractivity contribution in [1.82, 2.24) is 10.6 Å². The van der Waals surface area contributed by atoms with Gasteiger partial charge in [0.25, 0.3) is 17.5 Å². The molecule has 2 N–H and O–H groups in total. The predicted octanol–water partition coefficient (Wildman–Crippen LogP) is 3.01. The Morgan fingerprint density at radius 1 is 1.04 bits per heavy atom. The Balaban J connectivity index is 1.86. The number of carbonyl (C=O) groups excluding carboxylic acids is 2. The third kappa shape index (κ3) is 5.40. The normalized spacial score (nSPS) is 10.2. The van der Waals surface area contributed by atoms with Gasteiger partial charge in [0.05, 0.1) is 10.5 Å². The van der Waals surface area contributed by atoms with Crippen molar-refractivity contribution in [3.63, 3.8) is 0 Å². The van der Waals surface area contributed by atoms with Gasteiger partial charge >= 0.3 is 0 Å². The Kier molecular flexibility index (Phi) is 6.71. The first kappa shape index (κ1) is 19.1. The van der Waals surface area contributed by atoms with E-state index in [2.05, 4.69) is 10.6 Å². The largest absolute Gasteiger partial charge is 0.350 e. The highest BCUT2D eigenvalue weighted by Crippen LogP contribution is 2.19. The van der Waals surface area contributed by atoms with Crippen LogP contribution in [0.5, 0.6) is 0 Å². The summed E-state index contributed by atoms with van der Waals surface area (Å²) >= 11 is 7.69. The molecule has 130 valence electrons. The molecule has 0 fully saturated rings. The predicted molar refractivity (Wildman–Crippen MR) is 102 cm³/mol. The van der Waals surface area contributed by atoms with Crippen LogP contribution in [0.4, 0.5) is 5.69 Å². The fourth-order valence-electron chi connectivity index (χ4n) is 1.95. The number of hydrogen-bond donors (Lipinski definition) is 2. The van der Waals surface area contributed by atoms with E-state index in [1.807, 2.05) is 22.6 Å². The van der Waals surface area contributed by atoms with E-state index in [0.717, 1.165) is 0 Å². The molecule has 2 rings (SSSR count). The highest BCUT2D eigenvalue weighted by Gasteiger charge is 2.15. The number of benzene rings is 2. The molecule has 0 saturated carbocycles. The van der Waals surface area contributed by atoms with Gasteiger partial charge in [-0.05, 0) is 52.9 Å². The summed E-state index contributed by atoms with van der Waals surface area (Å²) in [7, 11) is 0. The smallest absolute Gasteiger partial charge is 0.270 e. The van der Waals surface area contributed by atoms with E-state index in [1.165, 1.54) is 18.2 Å². The van der Waals surface area contributed by atoms with Gasteiger partial charge in [-0.15, -0.1) is 0 Å². The molecule has 0 aliphatic heterocycles. The van der Waals surface area contributed by atoms with Crippen molar-refractivity contribution >= 4 is 51.7 Å². The van der Waals surface area contributed by atoms with E-state index in [9.17, 15) is 19.7 Å². The van der Waals surface area contributed by atoms with Crippen molar-refractivity contribution in [3.8, 4) is 0 Å². The minimum Gasteiger partial charge on any atom is -0.350 e. The van der Waals surface area contributed by atoms with E-state index in [-0.39, 0.29) is 30.2 Å². The van der Waals surface area contributed by atoms with Gasteiger partial charge in [-0.3, -0.25) is 19.7 Å². The molecule has 0 atom stereocenters. The zero-order valence-corrected chi connectivity index (χ0v) is 15.7. The topological polar surface area (TPSA) is 101 Å². The van der Waals surface area contributed by atoms with Gasteiger partial charge < -0.3 is 10.6 Å². The van der Waals surface area contributed by atoms with Crippen LogP contribution < -0.4 is 10.6 Å². The van der Waals surface area contributed by atoms with Crippen LogP contribution in [0, 0.1) is 13.7 Å². The molecule has 0 saturated heterocycles. The highest BCUT2D eigenvalue weighted by atomic mass is 127. The molecule has 2 aromatic rings. The molecule has 0 aliphatic carbocycles. The molecule has 25 heavy (non-hydrogen) atoms. The summed E-state index contributed by atoms with van der Waals surface area (Å²) in [5.74, 6) is -0.718. The van der Waals surface area contributed by atoms with E-state index in [1.54, 1.807) is 24.3 Å². The van der Waals surface area contributed by atoms with Crippen LogP contribution in [0.3, 0.4) is 0 Å². The van der Waals surface area contributed by atoms with Crippen LogP contribution in [-0.4, -0.2) is 29.8 Å². The molecule has 0 aromatic heterocycles. The number of non-ortho nitro benzene ring substituents is 1. The SMILES string of the molecule is O=C(NCCNC(=O)c1cc([N+](=O)[O-])ccc1I)c1ccc(Cl)cc1. The van der Waals surface area contributed by atoms with Crippen molar-refractivity contribution < 1.29 is 14.5 Å². The zero-order chi connectivity index (χ0) is 18.4. The molecule has 0 bridgehead atoms. The summed E-state index contributed by atoms with van der Waals surface area (Å²) in [6.45, 7) is 0.412. The van der Waals surface area contributed by atoms with Crippen LogP contribution in [0.2, 0.25) is 5.02 Å². The van der Waals surface area contributed by atoms with Gasteiger partial charge in [0.1, 0.15) is 0 Å². The lowest BCUT2D eigenvalue weighted by Crippen LogP contribution is -2.35. The summed E-state index contributed by atoms with van der Waals surface area (Å²) < 4.78 is 0.603. The Morgan fingerprint density at radius 3 is 2.24 bits per heavy atom. The molecule has 9 heteroatoms. The van der Waals surface area contributed by atoms with Crippen LogP contribution >= 0.6 is 34.2 Å². The van der Waals surface area contributed by atoms with Crippen LogP contribution in [0.1, 0.15) is 20.7 Å². The fourth-order valence-corrected chi connectivity index (χ4v) is 2.66. The molecule has 2 aromatic carbocycles. The Labute approximate surface area is 162 Å². The van der Waals surface area contributed by atoms with E-state index >= 15 is 0 Å². The van der Waals surface area contributed by atoms with Gasteiger partial charge in [-0.2, -0.15) is 0 Å². The summed E-state index contributed by atoms with van der Waals surface area (Å²) in [6.07, 6.45) is 0. The fraction of sp³-hybridized carbons (Fsp3) is 0.125. The third-order valence-corrected chi connectivity index (χ3v) is 4.40. The molecule has 7 nitrogen and oxygen atoms in total. The zero-order valence-electron chi connectivity index (χ0n) is 12.8. The average molecular weight is 474 g/mol. The number of hydrogen-bond acceptors (Lipinski definition) is 4. The van der Waals surface area contributed by atoms with Gasteiger partial charge in [0.2, 0.25) is 0 Å². The third-order valence-electron chi connectivity index (χ3n) is 3.21. The number of nitrogens with one attached hydrogen (secondary N) is 2. The lowest BCUT2D eigenvalue weighted by Gasteiger charge is -2.08. The van der Waals surface area contributed by atoms with Crippen LogP contribution in [0.15, 0.2) is 42.5 Å². The minimum absolute atomic E-state index is 0.151. The number of rotatable bonds is 6. The first-order chi connectivity index (χ1) is 11.9. The first-order valence-corrected chi connectivity index (χ1v) is 8.60. The number of carbonyl (C=O) groups is 2. The standard InChI is InChI=1S/C16H13ClIN3O4/c17-11-3-1-10(2-4-11)15(22)19-7-8-20-16(23)13-9-12(21(24)25)5-6-14(13)18/h1-6,9H,7-8H2,(H,19,22)(H,20,23). The summed E-state index contributed by atoms with van der Waals surface area (Å²) in [5, 5.41) is 16.6. The van der Waals surface area contributed by atoms with Crippen LogP contribution in [0.25, 0.3) is 0 Å². The monoisotopic (exact) mass is 473 g/mol.